The smallest absolute Gasteiger partial charge is 0.266 e. The third kappa shape index (κ3) is 3.77. The first-order valence-electron chi connectivity index (χ1n) is 8.93. The van der Waals surface area contributed by atoms with Crippen molar-refractivity contribution < 1.29 is 19.1 Å². The number of ether oxygens (including phenoxy) is 2. The Morgan fingerprint density at radius 3 is 3.00 bits per heavy atom. The molecule has 0 aliphatic carbocycles. The standard InChI is InChI=1S/C20H19N3O4S/c1-3-26-12-5-6-13-17(9-12)28-20(22-13)23-18(24)10-16-19(25)21-14-8-11(2)4-7-15(14)27-16/h4-9,16H,3,10H2,1-2H3,(H,21,25)(H,22,23,24). The van der Waals surface area contributed by atoms with Crippen LogP contribution in [0.3, 0.4) is 0 Å². The van der Waals surface area contributed by atoms with Crippen molar-refractivity contribution >= 4 is 44.2 Å². The first kappa shape index (κ1) is 18.2. The molecular weight excluding hydrogens is 378 g/mol. The van der Waals surface area contributed by atoms with Gasteiger partial charge in [-0.05, 0) is 49.7 Å². The van der Waals surface area contributed by atoms with Crippen molar-refractivity contribution in [2.45, 2.75) is 26.4 Å². The van der Waals surface area contributed by atoms with Gasteiger partial charge in [-0.2, -0.15) is 0 Å². The minimum Gasteiger partial charge on any atom is -0.494 e. The minimum atomic E-state index is -0.880. The molecule has 1 aliphatic rings. The molecule has 1 aromatic heterocycles. The second-order valence-corrected chi connectivity index (χ2v) is 7.46. The van der Waals surface area contributed by atoms with E-state index in [0.717, 1.165) is 21.5 Å². The number of aromatic nitrogens is 1. The van der Waals surface area contributed by atoms with Crippen molar-refractivity contribution in [3.8, 4) is 11.5 Å². The fourth-order valence-electron chi connectivity index (χ4n) is 2.95. The number of nitrogens with one attached hydrogen (secondary N) is 2. The number of aryl methyl sites for hydroxylation is 1. The van der Waals surface area contributed by atoms with Gasteiger partial charge in [-0.15, -0.1) is 0 Å². The van der Waals surface area contributed by atoms with Crippen LogP contribution in [0.2, 0.25) is 0 Å². The van der Waals surface area contributed by atoms with Gasteiger partial charge < -0.3 is 20.1 Å². The number of anilines is 2. The Morgan fingerprint density at radius 1 is 1.32 bits per heavy atom. The maximum absolute atomic E-state index is 12.4. The number of rotatable bonds is 5. The number of carbonyl (C=O) groups excluding carboxylic acids is 2. The molecule has 2 aromatic carbocycles. The summed E-state index contributed by atoms with van der Waals surface area (Å²) in [7, 11) is 0. The number of thiazole rings is 1. The van der Waals surface area contributed by atoms with Crippen LogP contribution in [0.5, 0.6) is 11.5 Å². The maximum Gasteiger partial charge on any atom is 0.266 e. The van der Waals surface area contributed by atoms with Crippen LogP contribution in [0, 0.1) is 6.92 Å². The van der Waals surface area contributed by atoms with Crippen LogP contribution >= 0.6 is 11.3 Å². The second kappa shape index (κ2) is 7.47. The maximum atomic E-state index is 12.4. The van der Waals surface area contributed by atoms with Crippen LogP contribution in [0.15, 0.2) is 36.4 Å². The van der Waals surface area contributed by atoms with Gasteiger partial charge in [0.25, 0.3) is 5.91 Å². The fourth-order valence-corrected chi connectivity index (χ4v) is 3.86. The number of amides is 2. The molecule has 2 amide bonds. The number of fused-ring (bicyclic) bond motifs is 2. The quantitative estimate of drug-likeness (QED) is 0.685. The lowest BCUT2D eigenvalue weighted by Gasteiger charge is -2.25. The molecule has 0 bridgehead atoms. The second-order valence-electron chi connectivity index (χ2n) is 6.43. The van der Waals surface area contributed by atoms with Crippen LogP contribution in [0.1, 0.15) is 18.9 Å². The Morgan fingerprint density at radius 2 is 2.18 bits per heavy atom. The van der Waals surface area contributed by atoms with E-state index in [-0.39, 0.29) is 18.2 Å². The van der Waals surface area contributed by atoms with Gasteiger partial charge >= 0.3 is 0 Å². The highest BCUT2D eigenvalue weighted by molar-refractivity contribution is 7.22. The molecule has 28 heavy (non-hydrogen) atoms. The van der Waals surface area contributed by atoms with Crippen LogP contribution in [0.4, 0.5) is 10.8 Å². The lowest BCUT2D eigenvalue weighted by molar-refractivity contribution is -0.128. The molecule has 0 fully saturated rings. The van der Waals surface area contributed by atoms with Crippen molar-refractivity contribution in [1.29, 1.82) is 0 Å². The molecule has 8 heteroatoms. The number of hydrogen-bond acceptors (Lipinski definition) is 6. The predicted molar refractivity (Wildman–Crippen MR) is 108 cm³/mol. The van der Waals surface area contributed by atoms with E-state index in [4.69, 9.17) is 9.47 Å². The number of benzene rings is 2. The molecular formula is C20H19N3O4S. The molecule has 2 N–H and O–H groups in total. The first-order chi connectivity index (χ1) is 13.5. The Hall–Kier alpha value is -3.13. The van der Waals surface area contributed by atoms with Crippen LogP contribution < -0.4 is 20.1 Å². The third-order valence-electron chi connectivity index (χ3n) is 4.24. The lowest BCUT2D eigenvalue weighted by atomic mass is 10.1. The molecule has 0 saturated heterocycles. The highest BCUT2D eigenvalue weighted by Gasteiger charge is 2.30. The summed E-state index contributed by atoms with van der Waals surface area (Å²) in [5, 5.41) is 6.01. The molecule has 3 aromatic rings. The van der Waals surface area contributed by atoms with E-state index >= 15 is 0 Å². The summed E-state index contributed by atoms with van der Waals surface area (Å²) in [6.45, 7) is 4.44. The van der Waals surface area contributed by atoms with Gasteiger partial charge in [-0.3, -0.25) is 9.59 Å². The van der Waals surface area contributed by atoms with Gasteiger partial charge in [-0.25, -0.2) is 4.98 Å². The molecule has 2 heterocycles. The van der Waals surface area contributed by atoms with Gasteiger partial charge in [0.2, 0.25) is 5.91 Å². The SMILES string of the molecule is CCOc1ccc2nc(NC(=O)CC3Oc4ccc(C)cc4NC3=O)sc2c1. The molecule has 1 atom stereocenters. The average Bonchev–Trinajstić information content (AvgIpc) is 3.04. The van der Waals surface area contributed by atoms with Gasteiger partial charge in [0.1, 0.15) is 11.5 Å². The van der Waals surface area contributed by atoms with Crippen molar-refractivity contribution in [2.24, 2.45) is 0 Å². The van der Waals surface area contributed by atoms with Crippen molar-refractivity contribution in [3.63, 3.8) is 0 Å². The Bertz CT molecular complexity index is 1060. The van der Waals surface area contributed by atoms with Crippen molar-refractivity contribution in [1.82, 2.24) is 4.98 Å². The zero-order valence-corrected chi connectivity index (χ0v) is 16.3. The number of hydrogen-bond donors (Lipinski definition) is 2. The molecule has 7 nitrogen and oxygen atoms in total. The van der Waals surface area contributed by atoms with E-state index in [0.29, 0.717) is 23.2 Å². The van der Waals surface area contributed by atoms with Crippen LogP contribution in [-0.4, -0.2) is 29.5 Å². The summed E-state index contributed by atoms with van der Waals surface area (Å²) in [6.07, 6.45) is -0.978. The van der Waals surface area contributed by atoms with Crippen molar-refractivity contribution in [2.75, 3.05) is 17.2 Å². The van der Waals surface area contributed by atoms with E-state index in [1.807, 2.05) is 44.2 Å². The summed E-state index contributed by atoms with van der Waals surface area (Å²) in [4.78, 5) is 29.1. The highest BCUT2D eigenvalue weighted by Crippen LogP contribution is 2.32. The van der Waals surface area contributed by atoms with Crippen LogP contribution in [0.25, 0.3) is 10.2 Å². The van der Waals surface area contributed by atoms with E-state index in [1.165, 1.54) is 11.3 Å². The first-order valence-corrected chi connectivity index (χ1v) is 9.75. The van der Waals surface area contributed by atoms with E-state index in [2.05, 4.69) is 15.6 Å². The molecule has 144 valence electrons. The topological polar surface area (TPSA) is 89.6 Å². The molecule has 4 rings (SSSR count). The minimum absolute atomic E-state index is 0.0979. The molecule has 0 saturated carbocycles. The largest absolute Gasteiger partial charge is 0.494 e. The van der Waals surface area contributed by atoms with E-state index in [1.54, 1.807) is 6.07 Å². The molecule has 1 unspecified atom stereocenters. The summed E-state index contributed by atoms with van der Waals surface area (Å²) >= 11 is 1.35. The highest BCUT2D eigenvalue weighted by atomic mass is 32.1. The molecule has 0 spiro atoms. The normalized spacial score (nSPS) is 15.5. The van der Waals surface area contributed by atoms with E-state index < -0.39 is 6.10 Å². The summed E-state index contributed by atoms with van der Waals surface area (Å²) in [5.74, 6) is 0.655. The summed E-state index contributed by atoms with van der Waals surface area (Å²) in [5.41, 5.74) is 2.42. The molecule has 1 aliphatic heterocycles. The fraction of sp³-hybridized carbons (Fsp3) is 0.250. The monoisotopic (exact) mass is 397 g/mol. The molecule has 0 radical (unpaired) electrons. The Balaban J connectivity index is 1.43. The van der Waals surface area contributed by atoms with E-state index in [9.17, 15) is 9.59 Å². The third-order valence-corrected chi connectivity index (χ3v) is 5.18. The summed E-state index contributed by atoms with van der Waals surface area (Å²) < 4.78 is 12.1. The zero-order valence-electron chi connectivity index (χ0n) is 15.4. The number of carbonyl (C=O) groups is 2. The Labute approximate surface area is 165 Å². The Kier molecular flexibility index (Phi) is 4.87. The van der Waals surface area contributed by atoms with Gasteiger partial charge in [-0.1, -0.05) is 17.4 Å². The average molecular weight is 397 g/mol. The number of nitrogens with zero attached hydrogens (tertiary/aromatic N) is 1. The van der Waals surface area contributed by atoms with Crippen LogP contribution in [-0.2, 0) is 9.59 Å². The van der Waals surface area contributed by atoms with Gasteiger partial charge in [0.15, 0.2) is 11.2 Å². The zero-order chi connectivity index (χ0) is 19.7. The van der Waals surface area contributed by atoms with Gasteiger partial charge in [0.05, 0.1) is 28.9 Å². The van der Waals surface area contributed by atoms with Crippen molar-refractivity contribution in [3.05, 3.63) is 42.0 Å². The summed E-state index contributed by atoms with van der Waals surface area (Å²) in [6, 6.07) is 11.1. The lowest BCUT2D eigenvalue weighted by Crippen LogP contribution is -2.39. The predicted octanol–water partition coefficient (Wildman–Crippen LogP) is 3.73. The van der Waals surface area contributed by atoms with Gasteiger partial charge in [0, 0.05) is 0 Å².